The van der Waals surface area contributed by atoms with Crippen LogP contribution in [0.4, 0.5) is 19.4 Å². The molecule has 0 unspecified atom stereocenters. The Kier molecular flexibility index (Phi) is 12.6. The molecule has 0 spiro atoms. The summed E-state index contributed by atoms with van der Waals surface area (Å²) in [5.74, 6) is -2.38. The minimum absolute atomic E-state index is 0.00670. The lowest BCUT2D eigenvalue weighted by Gasteiger charge is -2.38. The number of ether oxygens (including phenoxy) is 2. The van der Waals surface area contributed by atoms with Gasteiger partial charge in [-0.15, -0.1) is 0 Å². The molecular formula is C54H54ClF2N7O6. The second-order valence-corrected chi connectivity index (χ2v) is 19.4. The molecule has 4 N–H and O–H groups in total. The van der Waals surface area contributed by atoms with E-state index in [1.807, 2.05) is 61.3 Å². The molecule has 2 atom stereocenters. The number of piperidine rings is 1. The Morgan fingerprint density at radius 2 is 1.63 bits per heavy atom. The van der Waals surface area contributed by atoms with Gasteiger partial charge in [-0.1, -0.05) is 79.2 Å². The summed E-state index contributed by atoms with van der Waals surface area (Å²) in [6.45, 7) is 3.94. The molecule has 16 heteroatoms. The number of nitrogens with zero attached hydrogens (tertiary/aromatic N) is 4. The van der Waals surface area contributed by atoms with Gasteiger partial charge >= 0.3 is 6.03 Å². The lowest BCUT2D eigenvalue weighted by Crippen LogP contribution is -2.49. The summed E-state index contributed by atoms with van der Waals surface area (Å²) < 4.78 is 45.8. The number of halogens is 3. The van der Waals surface area contributed by atoms with Crippen molar-refractivity contribution in [3.8, 4) is 33.8 Å². The third-order valence-corrected chi connectivity index (χ3v) is 15.5. The lowest BCUT2D eigenvalue weighted by molar-refractivity contribution is -0.137. The van der Waals surface area contributed by atoms with Gasteiger partial charge in [-0.3, -0.25) is 29.3 Å². The van der Waals surface area contributed by atoms with E-state index < -0.39 is 35.1 Å². The minimum Gasteiger partial charge on any atom is -0.494 e. The van der Waals surface area contributed by atoms with Crippen LogP contribution in [0.1, 0.15) is 90.8 Å². The molecule has 0 bridgehead atoms. The van der Waals surface area contributed by atoms with Crippen LogP contribution < -0.4 is 30.7 Å². The Morgan fingerprint density at radius 1 is 0.914 bits per heavy atom. The number of nitrogens with one attached hydrogen (secondary N) is 2. The van der Waals surface area contributed by atoms with Gasteiger partial charge < -0.3 is 25.4 Å². The molecule has 5 aromatic carbocycles. The normalized spacial score (nSPS) is 21.7. The maximum absolute atomic E-state index is 16.2. The fraction of sp³-hybridized carbons (Fsp3) is 0.352. The standard InChI is InChI=1S/C54H54ClF2N7O6/c1-30-45-43(28-40(56)48(55)47(45)46-39(50(58)66)19-20-42(69-3)49(46)57)70-54(30,36-7-5-4-6-8-36)29-59-37-16-13-34(14-17-37)52(67)63-24-21-33(22-25-63)31-9-11-32(12-10-31)35-15-18-38-41(27-35)62(2)61-51(38)64-26-23-44(65)60-53(64)68/h4-12,15,18-20,27-28,30,33-34,37,59H,13-14,16-17,21-26,29H2,1-3H3,(H2,58,66)(H,60,65,68)/t30-,34?,37?,54-/m0/s1. The maximum atomic E-state index is 16.2. The number of nitrogens with two attached hydrogens (primary N) is 1. The van der Waals surface area contributed by atoms with E-state index in [1.165, 1.54) is 35.8 Å². The summed E-state index contributed by atoms with van der Waals surface area (Å²) in [6, 6.07) is 27.8. The molecule has 4 aliphatic rings. The van der Waals surface area contributed by atoms with Crippen LogP contribution in [0.25, 0.3) is 33.2 Å². The number of benzene rings is 5. The number of primary amides is 1. The van der Waals surface area contributed by atoms with Gasteiger partial charge in [0.15, 0.2) is 23.0 Å². The van der Waals surface area contributed by atoms with E-state index in [0.717, 1.165) is 66.1 Å². The number of imide groups is 1. The number of aromatic nitrogens is 2. The Morgan fingerprint density at radius 3 is 2.31 bits per heavy atom. The molecule has 2 saturated heterocycles. The van der Waals surface area contributed by atoms with Gasteiger partial charge in [0, 0.05) is 85.7 Å². The first kappa shape index (κ1) is 46.9. The summed E-state index contributed by atoms with van der Waals surface area (Å²) >= 11 is 6.70. The zero-order valence-electron chi connectivity index (χ0n) is 39.2. The second kappa shape index (κ2) is 18.8. The predicted molar refractivity (Wildman–Crippen MR) is 263 cm³/mol. The number of fused-ring (bicyclic) bond motifs is 2. The van der Waals surface area contributed by atoms with Crippen molar-refractivity contribution in [2.75, 3.05) is 38.2 Å². The van der Waals surface area contributed by atoms with Gasteiger partial charge in [-0.25, -0.2) is 13.6 Å². The maximum Gasteiger partial charge on any atom is 0.329 e. The number of hydrogen-bond donors (Lipinski definition) is 3. The molecule has 1 aliphatic carbocycles. The first-order valence-corrected chi connectivity index (χ1v) is 24.3. The molecule has 0 radical (unpaired) electrons. The minimum atomic E-state index is -1.08. The zero-order valence-corrected chi connectivity index (χ0v) is 40.0. The van der Waals surface area contributed by atoms with Gasteiger partial charge in [-0.05, 0) is 91.0 Å². The molecule has 5 amide bonds. The highest BCUT2D eigenvalue weighted by Crippen LogP contribution is 2.56. The van der Waals surface area contributed by atoms with E-state index in [4.69, 9.17) is 26.8 Å². The molecule has 70 heavy (non-hydrogen) atoms. The number of methoxy groups -OCH3 is 1. The zero-order chi connectivity index (χ0) is 49.0. The second-order valence-electron chi connectivity index (χ2n) is 19.0. The number of carbonyl (C=O) groups is 4. The summed E-state index contributed by atoms with van der Waals surface area (Å²) in [5.41, 5.74) is 9.74. The number of carbonyl (C=O) groups excluding carboxylic acids is 4. The number of urea groups is 1. The Hall–Kier alpha value is -6.84. The number of amides is 5. The van der Waals surface area contributed by atoms with Crippen molar-refractivity contribution in [1.29, 1.82) is 0 Å². The molecule has 1 saturated carbocycles. The molecule has 3 aliphatic heterocycles. The average molecular weight is 971 g/mol. The van der Waals surface area contributed by atoms with Crippen molar-refractivity contribution >= 4 is 52.1 Å². The number of aryl methyl sites for hydroxylation is 1. The van der Waals surface area contributed by atoms with Gasteiger partial charge in [0.25, 0.3) is 0 Å². The van der Waals surface area contributed by atoms with E-state index >= 15 is 8.78 Å². The van der Waals surface area contributed by atoms with Crippen molar-refractivity contribution in [2.24, 2.45) is 18.7 Å². The van der Waals surface area contributed by atoms with Crippen LogP contribution in [0.15, 0.2) is 91.0 Å². The lowest BCUT2D eigenvalue weighted by atomic mass is 9.77. The SMILES string of the molecule is COc1ccc(C(N)=O)c(-c2c(Cl)c(F)cc3c2[C@H](C)[C@@](CNC2CCC(C(=O)N4CCC(c5ccc(-c6ccc7c(N8CCC(=O)NC8=O)nn(C)c7c6)cc5)CC4)CC2)(c2ccccc2)O3)c1F. The monoisotopic (exact) mass is 969 g/mol. The molecule has 1 aromatic heterocycles. The van der Waals surface area contributed by atoms with E-state index in [0.29, 0.717) is 36.9 Å². The molecule has 4 heterocycles. The summed E-state index contributed by atoms with van der Waals surface area (Å²) in [6.07, 6.45) is 5.03. The molecule has 13 nitrogen and oxygen atoms in total. The van der Waals surface area contributed by atoms with Crippen LogP contribution in [0.5, 0.6) is 11.5 Å². The van der Waals surface area contributed by atoms with Gasteiger partial charge in [0.2, 0.25) is 17.7 Å². The highest BCUT2D eigenvalue weighted by molar-refractivity contribution is 6.34. The first-order chi connectivity index (χ1) is 33.8. The van der Waals surface area contributed by atoms with Gasteiger partial charge in [0.1, 0.15) is 11.6 Å². The topological polar surface area (TPSA) is 161 Å². The third-order valence-electron chi connectivity index (χ3n) is 15.1. The van der Waals surface area contributed by atoms with Gasteiger partial charge in [0.05, 0.1) is 23.2 Å². The predicted octanol–water partition coefficient (Wildman–Crippen LogP) is 9.34. The van der Waals surface area contributed by atoms with Crippen molar-refractivity contribution in [1.82, 2.24) is 25.3 Å². The van der Waals surface area contributed by atoms with E-state index in [2.05, 4.69) is 46.1 Å². The van der Waals surface area contributed by atoms with Crippen molar-refractivity contribution in [2.45, 2.75) is 75.3 Å². The molecule has 362 valence electrons. The van der Waals surface area contributed by atoms with Crippen LogP contribution in [0.3, 0.4) is 0 Å². The Bertz CT molecular complexity index is 3040. The third kappa shape index (κ3) is 8.31. The average Bonchev–Trinajstić information content (AvgIpc) is 3.85. The molecule has 10 rings (SSSR count). The Balaban J connectivity index is 0.772. The smallest absolute Gasteiger partial charge is 0.329 e. The summed E-state index contributed by atoms with van der Waals surface area (Å²) in [4.78, 5) is 54.5. The molecular weight excluding hydrogens is 916 g/mol. The Labute approximate surface area is 409 Å². The fourth-order valence-electron chi connectivity index (χ4n) is 11.2. The van der Waals surface area contributed by atoms with Crippen molar-refractivity contribution in [3.05, 3.63) is 130 Å². The van der Waals surface area contributed by atoms with E-state index in [-0.39, 0.29) is 70.0 Å². The van der Waals surface area contributed by atoms with Crippen LogP contribution >= 0.6 is 11.6 Å². The number of hydrogen-bond acceptors (Lipinski definition) is 8. The quantitative estimate of drug-likeness (QED) is 0.116. The highest BCUT2D eigenvalue weighted by atomic mass is 35.5. The molecule has 6 aromatic rings. The van der Waals surface area contributed by atoms with Crippen LogP contribution in [0.2, 0.25) is 5.02 Å². The van der Waals surface area contributed by atoms with Crippen LogP contribution in [0, 0.1) is 17.6 Å². The largest absolute Gasteiger partial charge is 0.494 e. The summed E-state index contributed by atoms with van der Waals surface area (Å²) in [5, 5.41) is 11.2. The van der Waals surface area contributed by atoms with Gasteiger partial charge in [-0.2, -0.15) is 5.10 Å². The number of anilines is 1. The fourth-order valence-corrected chi connectivity index (χ4v) is 11.5. The summed E-state index contributed by atoms with van der Waals surface area (Å²) in [7, 11) is 3.15. The van der Waals surface area contributed by atoms with Crippen LogP contribution in [-0.4, -0.2) is 77.8 Å². The highest BCUT2D eigenvalue weighted by Gasteiger charge is 2.50. The number of likely N-dealkylation sites (tertiary alicyclic amines) is 1. The first-order valence-electron chi connectivity index (χ1n) is 23.9. The van der Waals surface area contributed by atoms with Crippen molar-refractivity contribution < 1.29 is 37.4 Å². The molecule has 3 fully saturated rings. The number of rotatable bonds is 11. The van der Waals surface area contributed by atoms with Crippen molar-refractivity contribution in [3.63, 3.8) is 0 Å². The van der Waals surface area contributed by atoms with E-state index in [9.17, 15) is 19.2 Å². The van der Waals surface area contributed by atoms with E-state index in [1.54, 1.807) is 4.68 Å². The van der Waals surface area contributed by atoms with Crippen LogP contribution in [-0.2, 0) is 22.2 Å².